The van der Waals surface area contributed by atoms with Crippen LogP contribution in [0.25, 0.3) is 11.0 Å². The van der Waals surface area contributed by atoms with Crippen LogP contribution in [0.2, 0.25) is 0 Å². The summed E-state index contributed by atoms with van der Waals surface area (Å²) < 4.78 is 38.9. The number of nitrogens with one attached hydrogen (secondary N) is 1. The highest BCUT2D eigenvalue weighted by Gasteiger charge is 2.31. The first-order valence-electron chi connectivity index (χ1n) is 4.26. The fourth-order valence-corrected chi connectivity index (χ4v) is 2.23. The maximum Gasteiger partial charge on any atom is 0.416 e. The predicted octanol–water partition coefficient (Wildman–Crippen LogP) is 2.65. The van der Waals surface area contributed by atoms with Gasteiger partial charge in [-0.1, -0.05) is 0 Å². The molecule has 3 nitrogen and oxygen atoms in total. The van der Waals surface area contributed by atoms with Gasteiger partial charge in [-0.05, 0) is 28.1 Å². The number of nitrogens with zero attached hydrogens (tertiary/aromatic N) is 1. The SMILES string of the molecule is Cn1c(=O)[nH]c2cc(C(F)(F)F)cc(Br)c21. The van der Waals surface area contributed by atoms with E-state index in [-0.39, 0.29) is 9.99 Å². The molecule has 1 heterocycles. The average Bonchev–Trinajstić information content (AvgIpc) is 2.41. The number of aromatic nitrogens is 2. The zero-order valence-corrected chi connectivity index (χ0v) is 9.61. The van der Waals surface area contributed by atoms with Crippen molar-refractivity contribution < 1.29 is 13.2 Å². The summed E-state index contributed by atoms with van der Waals surface area (Å²) in [7, 11) is 1.49. The molecule has 2 rings (SSSR count). The molecule has 16 heavy (non-hydrogen) atoms. The summed E-state index contributed by atoms with van der Waals surface area (Å²) in [5, 5.41) is 0. The molecule has 0 amide bonds. The number of halogens is 4. The third-order valence-corrected chi connectivity index (χ3v) is 2.88. The zero-order valence-electron chi connectivity index (χ0n) is 8.02. The summed E-state index contributed by atoms with van der Waals surface area (Å²) in [6, 6.07) is 1.87. The molecule has 0 unspecified atom stereocenters. The molecule has 0 atom stereocenters. The van der Waals surface area contributed by atoms with Gasteiger partial charge in [-0.25, -0.2) is 4.79 Å². The Morgan fingerprint density at radius 2 is 2.00 bits per heavy atom. The Kier molecular flexibility index (Phi) is 2.37. The smallest absolute Gasteiger partial charge is 0.305 e. The lowest BCUT2D eigenvalue weighted by atomic mass is 10.2. The molecule has 1 aromatic carbocycles. The van der Waals surface area contributed by atoms with Crippen molar-refractivity contribution in [2.75, 3.05) is 0 Å². The van der Waals surface area contributed by atoms with Crippen LogP contribution in [-0.4, -0.2) is 9.55 Å². The van der Waals surface area contributed by atoms with Crippen LogP contribution in [0, 0.1) is 0 Å². The van der Waals surface area contributed by atoms with E-state index in [0.29, 0.717) is 5.52 Å². The summed E-state index contributed by atoms with van der Waals surface area (Å²) in [5.41, 5.74) is -0.670. The third-order valence-electron chi connectivity index (χ3n) is 2.27. The summed E-state index contributed by atoms with van der Waals surface area (Å²) in [6.07, 6.45) is -4.43. The van der Waals surface area contributed by atoms with Gasteiger partial charge in [0.1, 0.15) is 0 Å². The van der Waals surface area contributed by atoms with Gasteiger partial charge in [-0.3, -0.25) is 4.57 Å². The number of imidazole rings is 1. The zero-order chi connectivity index (χ0) is 12.1. The molecule has 0 aliphatic carbocycles. The van der Waals surface area contributed by atoms with Crippen molar-refractivity contribution in [3.05, 3.63) is 32.7 Å². The van der Waals surface area contributed by atoms with Crippen molar-refractivity contribution >= 4 is 27.0 Å². The summed E-state index contributed by atoms with van der Waals surface area (Å²) in [5.74, 6) is 0. The van der Waals surface area contributed by atoms with Crippen LogP contribution in [0.1, 0.15) is 5.56 Å². The number of benzene rings is 1. The largest absolute Gasteiger partial charge is 0.416 e. The van der Waals surface area contributed by atoms with E-state index in [1.165, 1.54) is 11.6 Å². The van der Waals surface area contributed by atoms with Gasteiger partial charge in [-0.2, -0.15) is 13.2 Å². The van der Waals surface area contributed by atoms with Crippen molar-refractivity contribution in [2.45, 2.75) is 6.18 Å². The van der Waals surface area contributed by atoms with E-state index in [1.54, 1.807) is 0 Å². The molecule has 0 bridgehead atoms. The standard InChI is InChI=1S/C9H6BrF3N2O/c1-15-7-5(10)2-4(9(11,12)13)3-6(7)14-8(15)16/h2-3H,1H3,(H,14,16). The normalized spacial score (nSPS) is 12.3. The van der Waals surface area contributed by atoms with Gasteiger partial charge in [0.25, 0.3) is 0 Å². The first-order valence-corrected chi connectivity index (χ1v) is 5.05. The van der Waals surface area contributed by atoms with Gasteiger partial charge >= 0.3 is 11.9 Å². The van der Waals surface area contributed by atoms with Gasteiger partial charge in [-0.15, -0.1) is 0 Å². The molecular formula is C9H6BrF3N2O. The first-order chi connectivity index (χ1) is 7.30. The van der Waals surface area contributed by atoms with Crippen LogP contribution in [-0.2, 0) is 13.2 Å². The highest BCUT2D eigenvalue weighted by molar-refractivity contribution is 9.10. The van der Waals surface area contributed by atoms with Gasteiger partial charge in [0.05, 0.1) is 16.6 Å². The van der Waals surface area contributed by atoms with Crippen LogP contribution >= 0.6 is 15.9 Å². The molecule has 0 radical (unpaired) electrons. The van der Waals surface area contributed by atoms with Crippen molar-refractivity contribution in [1.82, 2.24) is 9.55 Å². The fourth-order valence-electron chi connectivity index (χ4n) is 1.50. The fraction of sp³-hybridized carbons (Fsp3) is 0.222. The van der Waals surface area contributed by atoms with E-state index in [4.69, 9.17) is 0 Å². The highest BCUT2D eigenvalue weighted by atomic mass is 79.9. The number of alkyl halides is 3. The summed E-state index contributed by atoms with van der Waals surface area (Å²) in [6.45, 7) is 0. The van der Waals surface area contributed by atoms with E-state index >= 15 is 0 Å². The lowest BCUT2D eigenvalue weighted by Crippen LogP contribution is -2.11. The Balaban J connectivity index is 2.84. The lowest BCUT2D eigenvalue weighted by molar-refractivity contribution is -0.137. The number of aromatic amines is 1. The second-order valence-corrected chi connectivity index (χ2v) is 4.20. The Morgan fingerprint density at radius 1 is 1.38 bits per heavy atom. The van der Waals surface area contributed by atoms with Crippen LogP contribution in [0.4, 0.5) is 13.2 Å². The molecule has 1 N–H and O–H groups in total. The Morgan fingerprint density at radius 3 is 2.56 bits per heavy atom. The van der Waals surface area contributed by atoms with E-state index in [2.05, 4.69) is 20.9 Å². The van der Waals surface area contributed by atoms with Crippen molar-refractivity contribution in [2.24, 2.45) is 7.05 Å². The molecule has 7 heteroatoms. The minimum atomic E-state index is -4.43. The summed E-state index contributed by atoms with van der Waals surface area (Å²) >= 11 is 3.02. The topological polar surface area (TPSA) is 37.8 Å². The predicted molar refractivity (Wildman–Crippen MR) is 56.2 cm³/mol. The second-order valence-electron chi connectivity index (χ2n) is 3.34. The molecule has 0 spiro atoms. The number of aryl methyl sites for hydroxylation is 1. The van der Waals surface area contributed by atoms with Crippen molar-refractivity contribution in [3.8, 4) is 0 Å². The first kappa shape index (κ1) is 11.3. The van der Waals surface area contributed by atoms with E-state index in [9.17, 15) is 18.0 Å². The maximum absolute atomic E-state index is 12.5. The van der Waals surface area contributed by atoms with E-state index < -0.39 is 17.4 Å². The van der Waals surface area contributed by atoms with Crippen molar-refractivity contribution in [1.29, 1.82) is 0 Å². The minimum Gasteiger partial charge on any atom is -0.305 e. The van der Waals surface area contributed by atoms with Gasteiger partial charge < -0.3 is 4.98 Å². The van der Waals surface area contributed by atoms with Crippen LogP contribution in [0.15, 0.2) is 21.4 Å². The van der Waals surface area contributed by atoms with Gasteiger partial charge in [0.2, 0.25) is 0 Å². The number of H-pyrrole nitrogens is 1. The Labute approximate surface area is 96.0 Å². The Hall–Kier alpha value is -1.24. The molecular weight excluding hydrogens is 289 g/mol. The summed E-state index contributed by atoms with van der Waals surface area (Å²) in [4.78, 5) is 13.6. The van der Waals surface area contributed by atoms with Gasteiger partial charge in [0, 0.05) is 11.5 Å². The molecule has 0 aliphatic heterocycles. The van der Waals surface area contributed by atoms with E-state index in [1.807, 2.05) is 0 Å². The second kappa shape index (κ2) is 3.38. The molecule has 0 saturated heterocycles. The maximum atomic E-state index is 12.5. The molecule has 0 fully saturated rings. The molecule has 2 aromatic rings. The van der Waals surface area contributed by atoms with E-state index in [0.717, 1.165) is 12.1 Å². The third kappa shape index (κ3) is 1.64. The molecule has 0 saturated carbocycles. The quantitative estimate of drug-likeness (QED) is 0.797. The average molecular weight is 295 g/mol. The Bertz CT molecular complexity index is 611. The number of hydrogen-bond acceptors (Lipinski definition) is 1. The highest BCUT2D eigenvalue weighted by Crippen LogP contribution is 2.34. The lowest BCUT2D eigenvalue weighted by Gasteiger charge is -2.07. The van der Waals surface area contributed by atoms with Crippen LogP contribution in [0.3, 0.4) is 0 Å². The number of hydrogen-bond donors (Lipinski definition) is 1. The van der Waals surface area contributed by atoms with Crippen molar-refractivity contribution in [3.63, 3.8) is 0 Å². The van der Waals surface area contributed by atoms with Crippen LogP contribution < -0.4 is 5.69 Å². The minimum absolute atomic E-state index is 0.161. The molecule has 86 valence electrons. The number of rotatable bonds is 0. The molecule has 1 aromatic heterocycles. The monoisotopic (exact) mass is 294 g/mol. The van der Waals surface area contributed by atoms with Gasteiger partial charge in [0.15, 0.2) is 0 Å². The number of fused-ring (bicyclic) bond motifs is 1. The molecule has 0 aliphatic rings. The van der Waals surface area contributed by atoms with Crippen LogP contribution in [0.5, 0.6) is 0 Å².